The average molecular weight is 496 g/mol. The van der Waals surface area contributed by atoms with E-state index in [9.17, 15) is 23.5 Å². The first-order valence-corrected chi connectivity index (χ1v) is 11.7. The molecule has 7 nitrogen and oxygen atoms in total. The van der Waals surface area contributed by atoms with E-state index in [-0.39, 0.29) is 31.3 Å². The third-order valence-corrected chi connectivity index (χ3v) is 5.74. The molecule has 0 unspecified atom stereocenters. The number of hydrogen-bond acceptors (Lipinski definition) is 5. The number of ether oxygens (including phenoxy) is 1. The molecule has 2 aromatic carbocycles. The van der Waals surface area contributed by atoms with Crippen molar-refractivity contribution in [3.05, 3.63) is 106 Å². The highest BCUT2D eigenvalue weighted by Crippen LogP contribution is 2.38. The third-order valence-electron chi connectivity index (χ3n) is 5.74. The number of hydrogen-bond donors (Lipinski definition) is 1. The Bertz CT molecular complexity index is 1340. The van der Waals surface area contributed by atoms with Gasteiger partial charge in [0.15, 0.2) is 23.0 Å². The van der Waals surface area contributed by atoms with Crippen molar-refractivity contribution in [3.63, 3.8) is 0 Å². The number of carbonyl (C=O) groups is 1. The molecule has 3 heterocycles. The fraction of sp³-hybridized carbons (Fsp3) is 0.259. The van der Waals surface area contributed by atoms with E-state index in [0.29, 0.717) is 11.1 Å². The van der Waals surface area contributed by atoms with Gasteiger partial charge in [-0.3, -0.25) is 19.3 Å². The topological polar surface area (TPSA) is 75.0 Å². The molecule has 0 saturated carbocycles. The van der Waals surface area contributed by atoms with Gasteiger partial charge in [-0.15, -0.1) is 0 Å². The first-order valence-electron chi connectivity index (χ1n) is 11.7. The van der Waals surface area contributed by atoms with Crippen LogP contribution in [0.1, 0.15) is 47.9 Å². The number of nitrogens with zero attached hydrogens (tertiary/aromatic N) is 3. The third kappa shape index (κ3) is 4.56. The zero-order chi connectivity index (χ0) is 25.8. The van der Waals surface area contributed by atoms with Crippen molar-refractivity contribution in [1.82, 2.24) is 9.58 Å². The molecule has 0 spiro atoms. The highest BCUT2D eigenvalue weighted by atomic mass is 19.2. The van der Waals surface area contributed by atoms with E-state index < -0.39 is 34.8 Å². The van der Waals surface area contributed by atoms with Crippen molar-refractivity contribution in [2.24, 2.45) is 0 Å². The molecule has 1 atom stereocenters. The fourth-order valence-corrected chi connectivity index (χ4v) is 4.19. The molecule has 9 heteroatoms. The maximum atomic E-state index is 14.9. The largest absolute Gasteiger partial charge is 0.502 e. The molecule has 1 aromatic heterocycles. The normalized spacial score (nSPS) is 17.6. The highest BCUT2D eigenvalue weighted by Gasteiger charge is 2.38. The van der Waals surface area contributed by atoms with Gasteiger partial charge in [0, 0.05) is 24.4 Å². The first-order chi connectivity index (χ1) is 17.4. The second-order valence-electron chi connectivity index (χ2n) is 8.41. The lowest BCUT2D eigenvalue weighted by molar-refractivity contribution is 0.0701. The summed E-state index contributed by atoms with van der Waals surface area (Å²) in [7, 11) is 0. The number of fused-ring (bicyclic) bond motifs is 5. The molecule has 2 bridgehead atoms. The smallest absolute Gasteiger partial charge is 0.278 e. The molecule has 0 aliphatic carbocycles. The Morgan fingerprint density at radius 1 is 1.03 bits per heavy atom. The van der Waals surface area contributed by atoms with Crippen molar-refractivity contribution in [3.8, 4) is 11.5 Å². The fourth-order valence-electron chi connectivity index (χ4n) is 4.19. The lowest BCUT2D eigenvalue weighted by Crippen LogP contribution is -2.55. The number of aromatic nitrogens is 1. The molecule has 1 amide bonds. The predicted molar refractivity (Wildman–Crippen MR) is 132 cm³/mol. The van der Waals surface area contributed by atoms with Crippen molar-refractivity contribution in [1.29, 1.82) is 0 Å². The van der Waals surface area contributed by atoms with Crippen molar-refractivity contribution >= 4 is 5.91 Å². The van der Waals surface area contributed by atoms with Crippen LogP contribution >= 0.6 is 0 Å². The summed E-state index contributed by atoms with van der Waals surface area (Å²) in [6, 6.07) is 11.9. The molecule has 0 fully saturated rings. The molecule has 5 rings (SSSR count). The summed E-state index contributed by atoms with van der Waals surface area (Å²) in [5.41, 5.74) is 0.143. The van der Waals surface area contributed by atoms with Crippen molar-refractivity contribution < 1.29 is 23.4 Å². The minimum absolute atomic E-state index is 0.0348. The minimum atomic E-state index is -1.12. The Kier molecular flexibility index (Phi) is 7.38. The van der Waals surface area contributed by atoms with Gasteiger partial charge in [0.1, 0.15) is 19.3 Å². The number of benzene rings is 2. The minimum Gasteiger partial charge on any atom is -0.502 e. The second kappa shape index (κ2) is 10.6. The van der Waals surface area contributed by atoms with Gasteiger partial charge < -0.3 is 14.7 Å². The molecule has 188 valence electrons. The summed E-state index contributed by atoms with van der Waals surface area (Å²) in [6.45, 7) is 4.43. The van der Waals surface area contributed by atoms with E-state index in [1.54, 1.807) is 29.3 Å². The molecule has 2 aliphatic heterocycles. The Hall–Kier alpha value is -4.14. The zero-order valence-corrected chi connectivity index (χ0v) is 20.0. The van der Waals surface area contributed by atoms with Crippen molar-refractivity contribution in [2.45, 2.75) is 26.3 Å². The number of amides is 1. The standard InChI is InChI=1S/C24H19F2N3O4.C3H8/c25-17-9-8-16-20(15-6-2-1-3-7-15)29-14-27(11-4-5-13-33-23(16)19(17)26)24(32)21-22(31)18(30)10-12-28(21)29;1-3-2/h1-10,12,20,31H,11,13-14H2;3H2,1-2H3/b5-4+;/t20-;/m1./s1. The molecular formula is C27H27F2N3O4. The monoisotopic (exact) mass is 495 g/mol. The van der Waals surface area contributed by atoms with Gasteiger partial charge in [-0.2, -0.15) is 4.39 Å². The Balaban J connectivity index is 0.000000967. The lowest BCUT2D eigenvalue weighted by atomic mass is 9.96. The van der Waals surface area contributed by atoms with E-state index in [0.717, 1.165) is 12.1 Å². The van der Waals surface area contributed by atoms with E-state index in [1.807, 2.05) is 18.2 Å². The Labute approximate surface area is 207 Å². The molecular weight excluding hydrogens is 468 g/mol. The summed E-state index contributed by atoms with van der Waals surface area (Å²) < 4.78 is 36.1. The van der Waals surface area contributed by atoms with Crippen LogP contribution in [0, 0.1) is 11.6 Å². The molecule has 1 N–H and O–H groups in total. The highest BCUT2D eigenvalue weighted by molar-refractivity contribution is 5.96. The van der Waals surface area contributed by atoms with Gasteiger partial charge in [0.05, 0.1) is 0 Å². The number of halogens is 2. The van der Waals surface area contributed by atoms with Gasteiger partial charge in [-0.1, -0.05) is 56.7 Å². The van der Waals surface area contributed by atoms with Crippen LogP contribution in [0.15, 0.2) is 71.7 Å². The van der Waals surface area contributed by atoms with Gasteiger partial charge >= 0.3 is 0 Å². The Morgan fingerprint density at radius 2 is 1.75 bits per heavy atom. The van der Waals surface area contributed by atoms with Crippen LogP contribution < -0.4 is 15.2 Å². The number of carbonyl (C=O) groups excluding carboxylic acids is 1. The van der Waals surface area contributed by atoms with Gasteiger partial charge in [-0.25, -0.2) is 4.39 Å². The van der Waals surface area contributed by atoms with E-state index in [4.69, 9.17) is 4.74 Å². The second-order valence-corrected chi connectivity index (χ2v) is 8.41. The van der Waals surface area contributed by atoms with E-state index in [2.05, 4.69) is 13.8 Å². The first kappa shape index (κ1) is 25.0. The van der Waals surface area contributed by atoms with Crippen molar-refractivity contribution in [2.75, 3.05) is 24.8 Å². The summed E-state index contributed by atoms with van der Waals surface area (Å²) >= 11 is 0. The van der Waals surface area contributed by atoms with Gasteiger partial charge in [0.2, 0.25) is 11.2 Å². The molecule has 36 heavy (non-hydrogen) atoms. The lowest BCUT2D eigenvalue weighted by Gasteiger charge is -2.43. The Morgan fingerprint density at radius 3 is 2.47 bits per heavy atom. The summed E-state index contributed by atoms with van der Waals surface area (Å²) in [6.07, 6.45) is 5.89. The molecule has 0 saturated heterocycles. The van der Waals surface area contributed by atoms with Crippen LogP contribution in [0.5, 0.6) is 11.5 Å². The van der Waals surface area contributed by atoms with Crippen LogP contribution in [0.4, 0.5) is 8.78 Å². The van der Waals surface area contributed by atoms with Crippen LogP contribution in [-0.2, 0) is 0 Å². The average Bonchev–Trinajstić information content (AvgIpc) is 2.90. The SMILES string of the molecule is CCC.O=C1c2c(O)c(=O)ccn2N2CN1C/C=C/COc1c(ccc(F)c1F)[C@H]2c1ccccc1. The molecule has 0 radical (unpaired) electrons. The van der Waals surface area contributed by atoms with Crippen LogP contribution in [0.3, 0.4) is 0 Å². The number of pyridine rings is 1. The number of aromatic hydroxyl groups is 1. The zero-order valence-electron chi connectivity index (χ0n) is 20.0. The van der Waals surface area contributed by atoms with E-state index in [1.165, 1.54) is 28.3 Å². The summed E-state index contributed by atoms with van der Waals surface area (Å²) in [5, 5.41) is 12.2. The predicted octanol–water partition coefficient (Wildman–Crippen LogP) is 4.34. The van der Waals surface area contributed by atoms with Crippen LogP contribution in [0.2, 0.25) is 0 Å². The summed E-state index contributed by atoms with van der Waals surface area (Å²) in [5.74, 6) is -3.61. The van der Waals surface area contributed by atoms with Gasteiger partial charge in [0.25, 0.3) is 5.91 Å². The number of rotatable bonds is 1. The van der Waals surface area contributed by atoms with Crippen LogP contribution in [-0.4, -0.2) is 40.4 Å². The van der Waals surface area contributed by atoms with E-state index >= 15 is 0 Å². The maximum Gasteiger partial charge on any atom is 0.278 e. The van der Waals surface area contributed by atoms with Crippen LogP contribution in [0.25, 0.3) is 0 Å². The summed E-state index contributed by atoms with van der Waals surface area (Å²) in [4.78, 5) is 26.7. The van der Waals surface area contributed by atoms with Gasteiger partial charge in [-0.05, 0) is 23.8 Å². The maximum absolute atomic E-state index is 14.9. The quantitative estimate of drug-likeness (QED) is 0.509. The molecule has 2 aliphatic rings. The molecule has 3 aromatic rings.